The Morgan fingerprint density at radius 1 is 1.13 bits per heavy atom. The molecule has 0 bridgehead atoms. The van der Waals surface area contributed by atoms with Crippen LogP contribution in [0.4, 0.5) is 11.4 Å². The van der Waals surface area contributed by atoms with Crippen LogP contribution in [0.25, 0.3) is 0 Å². The largest absolute Gasteiger partial charge is 0.466 e. The SMILES string of the molecule is COC(=O)C1=C(Nc2cc(NC(=O)c3ccccc3)c(Cl)cc2Cl)C(=O)N(CCO)C1. The van der Waals surface area contributed by atoms with Gasteiger partial charge in [-0.2, -0.15) is 0 Å². The van der Waals surface area contributed by atoms with Gasteiger partial charge in [0, 0.05) is 12.1 Å². The Bertz CT molecular complexity index is 1060. The van der Waals surface area contributed by atoms with E-state index < -0.39 is 11.9 Å². The van der Waals surface area contributed by atoms with Gasteiger partial charge < -0.3 is 25.4 Å². The second-order valence-corrected chi connectivity index (χ2v) is 7.37. The summed E-state index contributed by atoms with van der Waals surface area (Å²) in [5.74, 6) is -1.55. The number of ether oxygens (including phenoxy) is 1. The molecule has 2 aromatic carbocycles. The van der Waals surface area contributed by atoms with E-state index in [4.69, 9.17) is 33.0 Å². The number of esters is 1. The van der Waals surface area contributed by atoms with Gasteiger partial charge >= 0.3 is 5.97 Å². The van der Waals surface area contributed by atoms with Crippen LogP contribution in [-0.4, -0.2) is 54.6 Å². The number of methoxy groups -OCH3 is 1. The van der Waals surface area contributed by atoms with Crippen molar-refractivity contribution in [3.63, 3.8) is 0 Å². The minimum Gasteiger partial charge on any atom is -0.466 e. The van der Waals surface area contributed by atoms with Crippen molar-refractivity contribution in [1.82, 2.24) is 4.90 Å². The lowest BCUT2D eigenvalue weighted by molar-refractivity contribution is -0.136. The number of aliphatic hydroxyl groups excluding tert-OH is 1. The van der Waals surface area contributed by atoms with Crippen molar-refractivity contribution in [2.45, 2.75) is 0 Å². The fourth-order valence-electron chi connectivity index (χ4n) is 3.01. The number of carbonyl (C=O) groups is 3. The fourth-order valence-corrected chi connectivity index (χ4v) is 3.49. The third-order valence-corrected chi connectivity index (χ3v) is 5.18. The van der Waals surface area contributed by atoms with Gasteiger partial charge in [0.25, 0.3) is 11.8 Å². The number of rotatable bonds is 7. The summed E-state index contributed by atoms with van der Waals surface area (Å²) in [5.41, 5.74) is 1.03. The topological polar surface area (TPSA) is 108 Å². The molecular weight excluding hydrogens is 445 g/mol. The van der Waals surface area contributed by atoms with Gasteiger partial charge in [-0.3, -0.25) is 9.59 Å². The summed E-state index contributed by atoms with van der Waals surface area (Å²) < 4.78 is 4.76. The van der Waals surface area contributed by atoms with E-state index >= 15 is 0 Å². The van der Waals surface area contributed by atoms with E-state index in [1.807, 2.05) is 0 Å². The Hall–Kier alpha value is -3.07. The number of β-amino-alcohol motifs (C(OH)–C–C–N with tert-alkyl or cyclic N) is 1. The van der Waals surface area contributed by atoms with Crippen LogP contribution < -0.4 is 10.6 Å². The summed E-state index contributed by atoms with van der Waals surface area (Å²) in [6, 6.07) is 11.4. The van der Waals surface area contributed by atoms with Crippen LogP contribution in [0.3, 0.4) is 0 Å². The average molecular weight is 464 g/mol. The molecule has 10 heteroatoms. The molecule has 0 atom stereocenters. The van der Waals surface area contributed by atoms with Crippen molar-refractivity contribution >= 4 is 52.4 Å². The molecule has 31 heavy (non-hydrogen) atoms. The first-order valence-electron chi connectivity index (χ1n) is 9.19. The molecule has 3 N–H and O–H groups in total. The maximum Gasteiger partial charge on any atom is 0.337 e. The predicted molar refractivity (Wildman–Crippen MR) is 117 cm³/mol. The molecule has 1 aliphatic heterocycles. The quantitative estimate of drug-likeness (QED) is 0.544. The van der Waals surface area contributed by atoms with Gasteiger partial charge in [-0.15, -0.1) is 0 Å². The highest BCUT2D eigenvalue weighted by molar-refractivity contribution is 6.38. The smallest absolute Gasteiger partial charge is 0.337 e. The van der Waals surface area contributed by atoms with Crippen LogP contribution in [0.15, 0.2) is 53.7 Å². The van der Waals surface area contributed by atoms with Crippen LogP contribution in [-0.2, 0) is 14.3 Å². The number of nitrogens with zero attached hydrogens (tertiary/aromatic N) is 1. The molecule has 1 heterocycles. The third-order valence-electron chi connectivity index (χ3n) is 4.55. The first-order valence-corrected chi connectivity index (χ1v) is 9.95. The standard InChI is InChI=1S/C21H19Cl2N3O5/c1-31-21(30)13-11-26(7-8-27)20(29)18(13)24-16-10-17(15(23)9-14(16)22)25-19(28)12-5-3-2-4-6-12/h2-6,9-10,24,27H,7-8,11H2,1H3,(H,25,28). The van der Waals surface area contributed by atoms with Crippen LogP contribution in [0.2, 0.25) is 10.0 Å². The number of aliphatic hydroxyl groups is 1. The van der Waals surface area contributed by atoms with Gasteiger partial charge in [-0.25, -0.2) is 4.79 Å². The van der Waals surface area contributed by atoms with Gasteiger partial charge in [-0.05, 0) is 24.3 Å². The van der Waals surface area contributed by atoms with Crippen LogP contribution >= 0.6 is 23.2 Å². The Kier molecular flexibility index (Phi) is 7.17. The number of amides is 2. The summed E-state index contributed by atoms with van der Waals surface area (Å²) in [6.07, 6.45) is 0. The lowest BCUT2D eigenvalue weighted by Crippen LogP contribution is -2.31. The third kappa shape index (κ3) is 4.99. The number of benzene rings is 2. The molecular formula is C21H19Cl2N3O5. The zero-order chi connectivity index (χ0) is 22.5. The van der Waals surface area contributed by atoms with Gasteiger partial charge in [0.2, 0.25) is 0 Å². The number of halogens is 2. The van der Waals surface area contributed by atoms with Crippen molar-refractivity contribution in [2.75, 3.05) is 37.4 Å². The summed E-state index contributed by atoms with van der Waals surface area (Å²) in [7, 11) is 1.21. The Morgan fingerprint density at radius 2 is 1.81 bits per heavy atom. The minimum atomic E-state index is -0.682. The summed E-state index contributed by atoms with van der Waals surface area (Å²) in [5, 5.41) is 15.1. The van der Waals surface area contributed by atoms with Crippen LogP contribution in [0, 0.1) is 0 Å². The second-order valence-electron chi connectivity index (χ2n) is 6.55. The highest BCUT2D eigenvalue weighted by Gasteiger charge is 2.34. The van der Waals surface area contributed by atoms with Crippen molar-refractivity contribution in [3.8, 4) is 0 Å². The summed E-state index contributed by atoms with van der Waals surface area (Å²) in [4.78, 5) is 38.6. The highest BCUT2D eigenvalue weighted by atomic mass is 35.5. The molecule has 0 saturated carbocycles. The Balaban J connectivity index is 1.91. The van der Waals surface area contributed by atoms with E-state index in [1.165, 1.54) is 24.1 Å². The second kappa shape index (κ2) is 9.82. The number of carbonyl (C=O) groups excluding carboxylic acids is 3. The lowest BCUT2D eigenvalue weighted by atomic mass is 10.2. The average Bonchev–Trinajstić information content (AvgIpc) is 3.07. The normalized spacial score (nSPS) is 13.4. The van der Waals surface area contributed by atoms with E-state index in [0.29, 0.717) is 5.56 Å². The molecule has 2 aromatic rings. The Morgan fingerprint density at radius 3 is 2.45 bits per heavy atom. The van der Waals surface area contributed by atoms with Crippen molar-refractivity contribution in [2.24, 2.45) is 0 Å². The molecule has 0 aliphatic carbocycles. The monoisotopic (exact) mass is 463 g/mol. The maximum atomic E-state index is 12.7. The molecule has 0 fully saturated rings. The van der Waals surface area contributed by atoms with E-state index in [2.05, 4.69) is 10.6 Å². The number of anilines is 2. The summed E-state index contributed by atoms with van der Waals surface area (Å²) >= 11 is 12.5. The minimum absolute atomic E-state index is 0.0167. The molecule has 162 valence electrons. The van der Waals surface area contributed by atoms with Gasteiger partial charge in [0.15, 0.2) is 0 Å². The van der Waals surface area contributed by atoms with Crippen LogP contribution in [0.1, 0.15) is 10.4 Å². The molecule has 0 saturated heterocycles. The number of nitrogens with one attached hydrogen (secondary N) is 2. The first kappa shape index (κ1) is 22.6. The lowest BCUT2D eigenvalue weighted by Gasteiger charge is -2.16. The molecule has 8 nitrogen and oxygen atoms in total. The van der Waals surface area contributed by atoms with Crippen molar-refractivity contribution < 1.29 is 24.2 Å². The van der Waals surface area contributed by atoms with E-state index in [0.717, 1.165) is 0 Å². The van der Waals surface area contributed by atoms with E-state index in [-0.39, 0.29) is 58.3 Å². The van der Waals surface area contributed by atoms with E-state index in [9.17, 15) is 14.4 Å². The molecule has 0 spiro atoms. The molecule has 0 aromatic heterocycles. The number of hydrogen-bond donors (Lipinski definition) is 3. The van der Waals surface area contributed by atoms with Crippen LogP contribution in [0.5, 0.6) is 0 Å². The Labute approximate surface area is 188 Å². The molecule has 3 rings (SSSR count). The highest BCUT2D eigenvalue weighted by Crippen LogP contribution is 2.35. The van der Waals surface area contributed by atoms with Gasteiger partial charge in [0.05, 0.1) is 47.3 Å². The summed E-state index contributed by atoms with van der Waals surface area (Å²) in [6.45, 7) is -0.223. The maximum absolute atomic E-state index is 12.7. The fraction of sp³-hybridized carbons (Fsp3) is 0.190. The molecule has 2 amide bonds. The van der Waals surface area contributed by atoms with Crippen molar-refractivity contribution in [1.29, 1.82) is 0 Å². The first-order chi connectivity index (χ1) is 14.8. The van der Waals surface area contributed by atoms with E-state index in [1.54, 1.807) is 30.3 Å². The predicted octanol–water partition coefficient (Wildman–Crippen LogP) is 2.92. The number of hydrogen-bond acceptors (Lipinski definition) is 6. The van der Waals surface area contributed by atoms with Crippen molar-refractivity contribution in [3.05, 3.63) is 69.3 Å². The molecule has 0 radical (unpaired) electrons. The zero-order valence-electron chi connectivity index (χ0n) is 16.4. The van der Waals surface area contributed by atoms with Gasteiger partial charge in [-0.1, -0.05) is 41.4 Å². The molecule has 1 aliphatic rings. The zero-order valence-corrected chi connectivity index (χ0v) is 18.0. The molecule has 0 unspecified atom stereocenters. The van der Waals surface area contributed by atoms with Gasteiger partial charge in [0.1, 0.15) is 5.70 Å².